The van der Waals surface area contributed by atoms with Gasteiger partial charge in [-0.15, -0.1) is 0 Å². The number of para-hydroxylation sites is 1. The molecule has 2 aromatic carbocycles. The molecule has 2 aromatic rings. The third kappa shape index (κ3) is 4.22. The molecular weight excluding hydrogens is 343 g/mol. The van der Waals surface area contributed by atoms with Crippen LogP contribution in [0.1, 0.15) is 50.7 Å². The number of carbonyl (C=O) groups is 1. The van der Waals surface area contributed by atoms with Gasteiger partial charge in [-0.05, 0) is 35.1 Å². The molecule has 0 atom stereocenters. The van der Waals surface area contributed by atoms with Gasteiger partial charge in [-0.2, -0.15) is 0 Å². The second kappa shape index (κ2) is 7.91. The number of rotatable bonds is 4. The van der Waals surface area contributed by atoms with Crippen molar-refractivity contribution in [3.63, 3.8) is 0 Å². The molecule has 0 aliphatic heterocycles. The minimum atomic E-state index is -0.339. The molecule has 0 aliphatic carbocycles. The molecule has 0 saturated carbocycles. The number of anilines is 2. The average Bonchev–Trinajstić information content (AvgIpc) is 2.51. The summed E-state index contributed by atoms with van der Waals surface area (Å²) < 4.78 is 0. The molecule has 128 valence electrons. The molecule has 0 aromatic heterocycles. The molecule has 2 N–H and O–H groups in total. The highest BCUT2D eigenvalue weighted by Crippen LogP contribution is 2.33. The SMILES string of the molecule is CC(C)c1cccc(C(C)C)c1NC(=O)Nc1cccc(Cl)c1Cl. The first-order chi connectivity index (χ1) is 11.3. The Morgan fingerprint density at radius 3 is 1.96 bits per heavy atom. The molecule has 0 saturated heterocycles. The summed E-state index contributed by atoms with van der Waals surface area (Å²) in [6.45, 7) is 8.43. The van der Waals surface area contributed by atoms with Gasteiger partial charge in [0.25, 0.3) is 0 Å². The highest BCUT2D eigenvalue weighted by molar-refractivity contribution is 6.44. The molecule has 0 heterocycles. The van der Waals surface area contributed by atoms with Gasteiger partial charge in [-0.25, -0.2) is 4.79 Å². The number of halogens is 2. The van der Waals surface area contributed by atoms with Crippen LogP contribution in [0.4, 0.5) is 16.2 Å². The fourth-order valence-electron chi connectivity index (χ4n) is 2.56. The maximum atomic E-state index is 12.5. The van der Waals surface area contributed by atoms with Crippen LogP contribution >= 0.6 is 23.2 Å². The molecule has 3 nitrogen and oxygen atoms in total. The van der Waals surface area contributed by atoms with E-state index in [0.717, 1.165) is 16.8 Å². The van der Waals surface area contributed by atoms with Crippen molar-refractivity contribution in [2.75, 3.05) is 10.6 Å². The van der Waals surface area contributed by atoms with Crippen molar-refractivity contribution >= 4 is 40.6 Å². The summed E-state index contributed by atoms with van der Waals surface area (Å²) in [7, 11) is 0. The summed E-state index contributed by atoms with van der Waals surface area (Å²) in [6, 6.07) is 10.9. The summed E-state index contributed by atoms with van der Waals surface area (Å²) in [4.78, 5) is 12.5. The fourth-order valence-corrected chi connectivity index (χ4v) is 2.91. The number of carbonyl (C=O) groups excluding carboxylic acids is 1. The predicted octanol–water partition coefficient (Wildman–Crippen LogP) is 6.88. The zero-order valence-electron chi connectivity index (χ0n) is 14.3. The van der Waals surface area contributed by atoms with Crippen LogP contribution in [0.2, 0.25) is 10.0 Å². The largest absolute Gasteiger partial charge is 0.323 e. The van der Waals surface area contributed by atoms with Crippen LogP contribution in [-0.4, -0.2) is 6.03 Å². The summed E-state index contributed by atoms with van der Waals surface area (Å²) in [6.07, 6.45) is 0. The number of urea groups is 1. The minimum absolute atomic E-state index is 0.300. The summed E-state index contributed by atoms with van der Waals surface area (Å²) in [5.41, 5.74) is 3.55. The van der Waals surface area contributed by atoms with E-state index in [2.05, 4.69) is 38.3 Å². The van der Waals surface area contributed by atoms with Gasteiger partial charge in [-0.1, -0.05) is 75.2 Å². The van der Waals surface area contributed by atoms with Crippen LogP contribution in [0.5, 0.6) is 0 Å². The van der Waals surface area contributed by atoms with E-state index in [1.165, 1.54) is 0 Å². The van der Waals surface area contributed by atoms with Gasteiger partial charge < -0.3 is 10.6 Å². The topological polar surface area (TPSA) is 41.1 Å². The number of hydrogen-bond donors (Lipinski definition) is 2. The lowest BCUT2D eigenvalue weighted by Gasteiger charge is -2.20. The van der Waals surface area contributed by atoms with Crippen LogP contribution in [-0.2, 0) is 0 Å². The second-order valence-corrected chi connectivity index (χ2v) is 7.09. The van der Waals surface area contributed by atoms with Crippen molar-refractivity contribution in [2.24, 2.45) is 0 Å². The number of benzene rings is 2. The molecule has 0 aliphatic rings. The first-order valence-corrected chi connectivity index (χ1v) is 8.71. The number of nitrogens with one attached hydrogen (secondary N) is 2. The van der Waals surface area contributed by atoms with E-state index in [1.807, 2.05) is 18.2 Å². The van der Waals surface area contributed by atoms with E-state index < -0.39 is 0 Å². The Hall–Kier alpha value is -1.71. The van der Waals surface area contributed by atoms with Crippen LogP contribution < -0.4 is 10.6 Å². The van der Waals surface area contributed by atoms with Crippen LogP contribution in [0, 0.1) is 0 Å². The van der Waals surface area contributed by atoms with E-state index in [1.54, 1.807) is 18.2 Å². The number of amides is 2. The molecule has 2 rings (SSSR count). The molecule has 0 radical (unpaired) electrons. The molecule has 0 bridgehead atoms. The van der Waals surface area contributed by atoms with Gasteiger partial charge in [0.05, 0.1) is 15.7 Å². The van der Waals surface area contributed by atoms with Crippen molar-refractivity contribution in [1.82, 2.24) is 0 Å². The molecule has 5 heteroatoms. The summed E-state index contributed by atoms with van der Waals surface area (Å²) in [5.74, 6) is 0.600. The smallest absolute Gasteiger partial charge is 0.307 e. The monoisotopic (exact) mass is 364 g/mol. The molecular formula is C19H22Cl2N2O. The Morgan fingerprint density at radius 1 is 0.875 bits per heavy atom. The Bertz CT molecular complexity index is 716. The molecule has 24 heavy (non-hydrogen) atoms. The van der Waals surface area contributed by atoms with E-state index in [4.69, 9.17) is 23.2 Å². The van der Waals surface area contributed by atoms with E-state index in [-0.39, 0.29) is 6.03 Å². The Labute approximate surface area is 153 Å². The van der Waals surface area contributed by atoms with Crippen molar-refractivity contribution in [3.8, 4) is 0 Å². The highest BCUT2D eigenvalue weighted by atomic mass is 35.5. The van der Waals surface area contributed by atoms with Crippen molar-refractivity contribution < 1.29 is 4.79 Å². The highest BCUT2D eigenvalue weighted by Gasteiger charge is 2.16. The van der Waals surface area contributed by atoms with Crippen molar-refractivity contribution in [3.05, 3.63) is 57.6 Å². The lowest BCUT2D eigenvalue weighted by molar-refractivity contribution is 0.262. The molecule has 0 unspecified atom stereocenters. The Balaban J connectivity index is 2.30. The van der Waals surface area contributed by atoms with Gasteiger partial charge in [-0.3, -0.25) is 0 Å². The Kier molecular flexibility index (Phi) is 6.14. The second-order valence-electron chi connectivity index (χ2n) is 6.30. The molecule has 2 amide bonds. The summed E-state index contributed by atoms with van der Waals surface area (Å²) >= 11 is 12.1. The minimum Gasteiger partial charge on any atom is -0.307 e. The standard InChI is InChI=1S/C19H22Cl2N2O/c1-11(2)13-7-5-8-14(12(3)4)18(13)23-19(24)22-16-10-6-9-15(20)17(16)21/h5-12H,1-4H3,(H2,22,23,24). The normalized spacial score (nSPS) is 11.0. The predicted molar refractivity (Wildman–Crippen MR) is 104 cm³/mol. The molecule has 0 fully saturated rings. The maximum absolute atomic E-state index is 12.5. The lowest BCUT2D eigenvalue weighted by Crippen LogP contribution is -2.22. The van der Waals surface area contributed by atoms with E-state index >= 15 is 0 Å². The average molecular weight is 365 g/mol. The van der Waals surface area contributed by atoms with Crippen LogP contribution in [0.25, 0.3) is 0 Å². The zero-order valence-corrected chi connectivity index (χ0v) is 15.8. The maximum Gasteiger partial charge on any atom is 0.323 e. The van der Waals surface area contributed by atoms with Crippen molar-refractivity contribution in [1.29, 1.82) is 0 Å². The third-order valence-corrected chi connectivity index (χ3v) is 4.63. The zero-order chi connectivity index (χ0) is 17.9. The van der Waals surface area contributed by atoms with Gasteiger partial charge in [0, 0.05) is 5.69 Å². The fraction of sp³-hybridized carbons (Fsp3) is 0.316. The van der Waals surface area contributed by atoms with E-state index in [0.29, 0.717) is 27.6 Å². The first-order valence-electron chi connectivity index (χ1n) is 7.96. The van der Waals surface area contributed by atoms with Gasteiger partial charge in [0.1, 0.15) is 0 Å². The van der Waals surface area contributed by atoms with Gasteiger partial charge in [0.2, 0.25) is 0 Å². The van der Waals surface area contributed by atoms with Crippen LogP contribution in [0.3, 0.4) is 0 Å². The van der Waals surface area contributed by atoms with Gasteiger partial charge >= 0.3 is 6.03 Å². The number of hydrogen-bond acceptors (Lipinski definition) is 1. The quantitative estimate of drug-likeness (QED) is 0.609. The lowest BCUT2D eigenvalue weighted by atomic mass is 9.93. The molecule has 0 spiro atoms. The summed E-state index contributed by atoms with van der Waals surface area (Å²) in [5, 5.41) is 6.48. The van der Waals surface area contributed by atoms with Crippen molar-refractivity contribution in [2.45, 2.75) is 39.5 Å². The van der Waals surface area contributed by atoms with E-state index in [9.17, 15) is 4.79 Å². The van der Waals surface area contributed by atoms with Gasteiger partial charge in [0.15, 0.2) is 0 Å². The third-order valence-electron chi connectivity index (χ3n) is 3.81. The first kappa shape index (κ1) is 18.6. The van der Waals surface area contributed by atoms with Crippen LogP contribution in [0.15, 0.2) is 36.4 Å². The Morgan fingerprint density at radius 2 is 1.42 bits per heavy atom.